The molecule has 1 aromatic heterocycles. The highest BCUT2D eigenvalue weighted by atomic mass is 19.1. The van der Waals surface area contributed by atoms with E-state index in [1.165, 1.54) is 17.7 Å². The SMILES string of the molecule is NCc1cc2c(nc1Oc1cccc(F)c1)CCC2. The van der Waals surface area contributed by atoms with Crippen molar-refractivity contribution < 1.29 is 9.13 Å². The lowest BCUT2D eigenvalue weighted by atomic mass is 10.1. The van der Waals surface area contributed by atoms with Gasteiger partial charge in [-0.25, -0.2) is 9.37 Å². The molecule has 3 rings (SSSR count). The molecule has 0 bridgehead atoms. The number of aryl methyl sites for hydroxylation is 2. The van der Waals surface area contributed by atoms with E-state index in [0.717, 1.165) is 30.5 Å². The van der Waals surface area contributed by atoms with Crippen molar-refractivity contribution in [1.82, 2.24) is 4.98 Å². The molecule has 0 radical (unpaired) electrons. The summed E-state index contributed by atoms with van der Waals surface area (Å²) >= 11 is 0. The molecule has 1 aromatic carbocycles. The summed E-state index contributed by atoms with van der Waals surface area (Å²) in [6, 6.07) is 8.10. The van der Waals surface area contributed by atoms with Crippen LogP contribution in [-0.2, 0) is 19.4 Å². The van der Waals surface area contributed by atoms with Gasteiger partial charge in [-0.3, -0.25) is 0 Å². The average Bonchev–Trinajstić information content (AvgIpc) is 2.85. The second-order valence-corrected chi connectivity index (χ2v) is 4.68. The number of hydrogen-bond donors (Lipinski definition) is 1. The zero-order valence-corrected chi connectivity index (χ0v) is 10.5. The fourth-order valence-electron chi connectivity index (χ4n) is 2.38. The predicted molar refractivity (Wildman–Crippen MR) is 70.6 cm³/mol. The van der Waals surface area contributed by atoms with Crippen LogP contribution in [0.2, 0.25) is 0 Å². The number of nitrogens with zero attached hydrogens (tertiary/aromatic N) is 1. The van der Waals surface area contributed by atoms with E-state index in [9.17, 15) is 4.39 Å². The Labute approximate surface area is 111 Å². The Kier molecular flexibility index (Phi) is 3.17. The number of hydrogen-bond acceptors (Lipinski definition) is 3. The fourth-order valence-corrected chi connectivity index (χ4v) is 2.38. The summed E-state index contributed by atoms with van der Waals surface area (Å²) in [4.78, 5) is 4.52. The van der Waals surface area contributed by atoms with Gasteiger partial charge < -0.3 is 10.5 Å². The van der Waals surface area contributed by atoms with E-state index < -0.39 is 0 Å². The largest absolute Gasteiger partial charge is 0.439 e. The number of halogens is 1. The van der Waals surface area contributed by atoms with E-state index in [2.05, 4.69) is 11.1 Å². The molecule has 0 amide bonds. The first-order valence-electron chi connectivity index (χ1n) is 6.41. The van der Waals surface area contributed by atoms with E-state index >= 15 is 0 Å². The molecule has 0 unspecified atom stereocenters. The number of fused-ring (bicyclic) bond motifs is 1. The molecule has 19 heavy (non-hydrogen) atoms. The Hall–Kier alpha value is -1.94. The molecule has 2 aromatic rings. The minimum absolute atomic E-state index is 0.326. The molecule has 98 valence electrons. The van der Waals surface area contributed by atoms with Gasteiger partial charge in [0.15, 0.2) is 0 Å². The molecule has 0 fully saturated rings. The average molecular weight is 258 g/mol. The van der Waals surface area contributed by atoms with Gasteiger partial charge in [0.25, 0.3) is 0 Å². The molecule has 0 saturated heterocycles. The van der Waals surface area contributed by atoms with Crippen LogP contribution >= 0.6 is 0 Å². The molecule has 0 atom stereocenters. The molecular weight excluding hydrogens is 243 g/mol. The maximum atomic E-state index is 13.1. The summed E-state index contributed by atoms with van der Waals surface area (Å²) in [7, 11) is 0. The summed E-state index contributed by atoms with van der Waals surface area (Å²) in [6.45, 7) is 0.366. The highest BCUT2D eigenvalue weighted by Crippen LogP contribution is 2.29. The Morgan fingerprint density at radius 2 is 2.16 bits per heavy atom. The third-order valence-electron chi connectivity index (χ3n) is 3.32. The van der Waals surface area contributed by atoms with Gasteiger partial charge in [0.1, 0.15) is 11.6 Å². The number of nitrogens with two attached hydrogens (primary N) is 1. The normalized spacial score (nSPS) is 13.4. The summed E-state index contributed by atoms with van der Waals surface area (Å²) < 4.78 is 18.8. The first-order chi connectivity index (χ1) is 9.26. The summed E-state index contributed by atoms with van der Waals surface area (Å²) in [5, 5.41) is 0. The Bertz CT molecular complexity index is 613. The summed E-state index contributed by atoms with van der Waals surface area (Å²) in [6.07, 6.45) is 3.14. The monoisotopic (exact) mass is 258 g/mol. The lowest BCUT2D eigenvalue weighted by Gasteiger charge is -2.11. The van der Waals surface area contributed by atoms with Crippen molar-refractivity contribution in [2.24, 2.45) is 5.73 Å². The van der Waals surface area contributed by atoms with Crippen molar-refractivity contribution in [3.05, 3.63) is 53.0 Å². The minimum atomic E-state index is -0.326. The number of rotatable bonds is 3. The lowest BCUT2D eigenvalue weighted by Crippen LogP contribution is -2.04. The third kappa shape index (κ3) is 2.44. The van der Waals surface area contributed by atoms with Crippen LogP contribution in [0, 0.1) is 5.82 Å². The highest BCUT2D eigenvalue weighted by Gasteiger charge is 2.17. The van der Waals surface area contributed by atoms with E-state index in [4.69, 9.17) is 10.5 Å². The molecular formula is C15H15FN2O. The number of ether oxygens (including phenoxy) is 1. The van der Waals surface area contributed by atoms with Gasteiger partial charge in [0, 0.05) is 23.9 Å². The lowest BCUT2D eigenvalue weighted by molar-refractivity contribution is 0.450. The first-order valence-corrected chi connectivity index (χ1v) is 6.41. The van der Waals surface area contributed by atoms with Gasteiger partial charge in [0.05, 0.1) is 0 Å². The maximum Gasteiger partial charge on any atom is 0.223 e. The van der Waals surface area contributed by atoms with Crippen LogP contribution in [0.3, 0.4) is 0 Å². The van der Waals surface area contributed by atoms with Crippen LogP contribution in [0.15, 0.2) is 30.3 Å². The van der Waals surface area contributed by atoms with Crippen LogP contribution in [0.4, 0.5) is 4.39 Å². The second kappa shape index (κ2) is 4.97. The van der Waals surface area contributed by atoms with Gasteiger partial charge >= 0.3 is 0 Å². The molecule has 4 heteroatoms. The molecule has 0 spiro atoms. The molecule has 1 aliphatic carbocycles. The van der Waals surface area contributed by atoms with Crippen LogP contribution in [0.25, 0.3) is 0 Å². The first kappa shape index (κ1) is 12.1. The van der Waals surface area contributed by atoms with E-state index in [1.807, 2.05) is 0 Å². The van der Waals surface area contributed by atoms with Crippen molar-refractivity contribution in [3.63, 3.8) is 0 Å². The molecule has 0 aliphatic heterocycles. The van der Waals surface area contributed by atoms with Crippen molar-refractivity contribution >= 4 is 0 Å². The second-order valence-electron chi connectivity index (χ2n) is 4.68. The molecule has 1 aliphatic rings. The van der Waals surface area contributed by atoms with Crippen LogP contribution in [0.5, 0.6) is 11.6 Å². The van der Waals surface area contributed by atoms with Gasteiger partial charge in [-0.1, -0.05) is 6.07 Å². The van der Waals surface area contributed by atoms with Gasteiger partial charge in [-0.15, -0.1) is 0 Å². The van der Waals surface area contributed by atoms with Crippen molar-refractivity contribution in [1.29, 1.82) is 0 Å². The van der Waals surface area contributed by atoms with E-state index in [-0.39, 0.29) is 5.82 Å². The van der Waals surface area contributed by atoms with Crippen molar-refractivity contribution in [2.75, 3.05) is 0 Å². The van der Waals surface area contributed by atoms with Crippen molar-refractivity contribution in [3.8, 4) is 11.6 Å². The quantitative estimate of drug-likeness (QED) is 0.920. The maximum absolute atomic E-state index is 13.1. The smallest absolute Gasteiger partial charge is 0.223 e. The molecule has 1 heterocycles. The molecule has 3 nitrogen and oxygen atoms in total. The number of aromatic nitrogens is 1. The minimum Gasteiger partial charge on any atom is -0.439 e. The molecule has 0 saturated carbocycles. The Morgan fingerprint density at radius 1 is 1.26 bits per heavy atom. The van der Waals surface area contributed by atoms with Crippen LogP contribution in [0.1, 0.15) is 23.2 Å². The van der Waals surface area contributed by atoms with Crippen molar-refractivity contribution in [2.45, 2.75) is 25.8 Å². The summed E-state index contributed by atoms with van der Waals surface area (Å²) in [5.74, 6) is 0.613. The van der Waals surface area contributed by atoms with E-state index in [0.29, 0.717) is 18.2 Å². The van der Waals surface area contributed by atoms with Crippen LogP contribution in [-0.4, -0.2) is 4.98 Å². The van der Waals surface area contributed by atoms with Crippen LogP contribution < -0.4 is 10.5 Å². The Morgan fingerprint density at radius 3 is 2.95 bits per heavy atom. The topological polar surface area (TPSA) is 48.1 Å². The van der Waals surface area contributed by atoms with Gasteiger partial charge in [0.2, 0.25) is 5.88 Å². The molecule has 2 N–H and O–H groups in total. The van der Waals surface area contributed by atoms with Gasteiger partial charge in [-0.2, -0.15) is 0 Å². The zero-order valence-electron chi connectivity index (χ0n) is 10.5. The Balaban J connectivity index is 1.96. The third-order valence-corrected chi connectivity index (χ3v) is 3.32. The standard InChI is InChI=1S/C15H15FN2O/c16-12-4-2-5-13(8-12)19-15-11(9-17)7-10-3-1-6-14(10)18-15/h2,4-5,7-8H,1,3,6,9,17H2. The summed E-state index contributed by atoms with van der Waals surface area (Å²) in [5.41, 5.74) is 8.93. The number of pyridine rings is 1. The predicted octanol–water partition coefficient (Wildman–Crippen LogP) is 2.96. The fraction of sp³-hybridized carbons (Fsp3) is 0.267. The van der Waals surface area contributed by atoms with Gasteiger partial charge in [-0.05, 0) is 43.0 Å². The highest BCUT2D eigenvalue weighted by molar-refractivity contribution is 5.39. The van der Waals surface area contributed by atoms with E-state index in [1.54, 1.807) is 12.1 Å². The zero-order chi connectivity index (χ0) is 13.2. The number of benzene rings is 1.